The normalized spacial score (nSPS) is 13.9. The number of rotatable bonds is 3. The van der Waals surface area contributed by atoms with Gasteiger partial charge in [-0.1, -0.05) is 0 Å². The molecule has 0 radical (unpaired) electrons. The van der Waals surface area contributed by atoms with Crippen molar-refractivity contribution in [2.75, 3.05) is 0 Å². The summed E-state index contributed by atoms with van der Waals surface area (Å²) < 4.78 is 61.7. The number of halogens is 5. The first-order chi connectivity index (χ1) is 7.29. The van der Waals surface area contributed by atoms with E-state index >= 15 is 0 Å². The molecule has 0 fully saturated rings. The first-order valence-corrected chi connectivity index (χ1v) is 4.54. The molecule has 0 bridgehead atoms. The molecule has 1 N–H and O–H groups in total. The molecule has 0 aromatic heterocycles. The molecule has 0 saturated carbocycles. The minimum atomic E-state index is -4.37. The molecule has 0 aliphatic heterocycles. The van der Waals surface area contributed by atoms with Crippen LogP contribution >= 0.6 is 0 Å². The highest BCUT2D eigenvalue weighted by molar-refractivity contribution is 5.17. The Hall–Kier alpha value is -1.17. The van der Waals surface area contributed by atoms with Crippen molar-refractivity contribution in [3.63, 3.8) is 0 Å². The maximum absolute atomic E-state index is 12.7. The van der Waals surface area contributed by atoms with Gasteiger partial charge in [0.25, 0.3) is 0 Å². The lowest BCUT2D eigenvalue weighted by molar-refractivity contribution is -0.151. The molecule has 1 aromatic rings. The van der Waals surface area contributed by atoms with Gasteiger partial charge in [0.05, 0.1) is 0 Å². The zero-order valence-electron chi connectivity index (χ0n) is 8.41. The summed E-state index contributed by atoms with van der Waals surface area (Å²) >= 11 is 0. The van der Waals surface area contributed by atoms with E-state index in [0.717, 1.165) is 19.1 Å². The smallest absolute Gasteiger partial charge is 0.302 e. The van der Waals surface area contributed by atoms with Crippen molar-refractivity contribution in [2.24, 2.45) is 0 Å². The van der Waals surface area contributed by atoms with Crippen molar-refractivity contribution < 1.29 is 22.0 Å². The topological polar surface area (TPSA) is 12.0 Å². The molecule has 0 aliphatic rings. The second-order valence-electron chi connectivity index (χ2n) is 3.42. The summed E-state index contributed by atoms with van der Waals surface area (Å²) in [5, 5.41) is 2.13. The van der Waals surface area contributed by atoms with E-state index in [1.165, 1.54) is 0 Å². The standard InChI is InChI=1S/C10H10F5N/c1-6(10(13,14)15)16-5-7-2-8(11)4-9(12)3-7/h2-4,6,16H,5H2,1H3/t6-/m0/s1. The number of hydrogen-bond acceptors (Lipinski definition) is 1. The average Bonchev–Trinajstić information content (AvgIpc) is 2.11. The molecule has 1 atom stereocenters. The van der Waals surface area contributed by atoms with E-state index < -0.39 is 23.9 Å². The lowest BCUT2D eigenvalue weighted by atomic mass is 10.2. The molecule has 90 valence electrons. The van der Waals surface area contributed by atoms with Crippen LogP contribution in [0, 0.1) is 11.6 Å². The average molecular weight is 239 g/mol. The van der Waals surface area contributed by atoms with Crippen LogP contribution < -0.4 is 5.32 Å². The predicted molar refractivity (Wildman–Crippen MR) is 48.7 cm³/mol. The molecule has 0 aliphatic carbocycles. The van der Waals surface area contributed by atoms with Crippen molar-refractivity contribution in [1.29, 1.82) is 0 Å². The first-order valence-electron chi connectivity index (χ1n) is 4.54. The largest absolute Gasteiger partial charge is 0.403 e. The van der Waals surface area contributed by atoms with Crippen molar-refractivity contribution in [2.45, 2.75) is 25.7 Å². The molecule has 1 aromatic carbocycles. The lowest BCUT2D eigenvalue weighted by Gasteiger charge is -2.17. The van der Waals surface area contributed by atoms with Crippen molar-refractivity contribution in [1.82, 2.24) is 5.32 Å². The molecular weight excluding hydrogens is 229 g/mol. The van der Waals surface area contributed by atoms with Gasteiger partial charge in [-0.3, -0.25) is 0 Å². The Morgan fingerprint density at radius 2 is 1.62 bits per heavy atom. The number of nitrogens with one attached hydrogen (secondary N) is 1. The monoisotopic (exact) mass is 239 g/mol. The van der Waals surface area contributed by atoms with Gasteiger partial charge in [0, 0.05) is 12.6 Å². The fraction of sp³-hybridized carbons (Fsp3) is 0.400. The molecule has 0 heterocycles. The second-order valence-corrected chi connectivity index (χ2v) is 3.42. The van der Waals surface area contributed by atoms with E-state index in [1.807, 2.05) is 0 Å². The molecule has 0 unspecified atom stereocenters. The maximum atomic E-state index is 12.7. The third-order valence-electron chi connectivity index (χ3n) is 2.03. The molecular formula is C10H10F5N. The summed E-state index contributed by atoms with van der Waals surface area (Å²) in [7, 11) is 0. The summed E-state index contributed by atoms with van der Waals surface area (Å²) in [6.07, 6.45) is -4.37. The van der Waals surface area contributed by atoms with E-state index in [-0.39, 0.29) is 12.1 Å². The highest BCUT2D eigenvalue weighted by atomic mass is 19.4. The molecule has 0 saturated heterocycles. The number of alkyl halides is 3. The Morgan fingerprint density at radius 1 is 1.12 bits per heavy atom. The molecule has 1 nitrogen and oxygen atoms in total. The van der Waals surface area contributed by atoms with E-state index in [0.29, 0.717) is 6.07 Å². The zero-order valence-corrected chi connectivity index (χ0v) is 8.41. The van der Waals surface area contributed by atoms with Crippen LogP contribution in [0.3, 0.4) is 0 Å². The first kappa shape index (κ1) is 12.9. The fourth-order valence-corrected chi connectivity index (χ4v) is 1.10. The Kier molecular flexibility index (Phi) is 3.85. The third-order valence-corrected chi connectivity index (χ3v) is 2.03. The van der Waals surface area contributed by atoms with E-state index in [1.54, 1.807) is 0 Å². The van der Waals surface area contributed by atoms with Gasteiger partial charge < -0.3 is 5.32 Å². The fourth-order valence-electron chi connectivity index (χ4n) is 1.10. The van der Waals surface area contributed by atoms with Crippen molar-refractivity contribution >= 4 is 0 Å². The quantitative estimate of drug-likeness (QED) is 0.799. The van der Waals surface area contributed by atoms with Gasteiger partial charge in [0.2, 0.25) is 0 Å². The minimum Gasteiger partial charge on any atom is -0.302 e. The van der Waals surface area contributed by atoms with E-state index in [2.05, 4.69) is 5.32 Å². The van der Waals surface area contributed by atoms with Crippen LogP contribution in [0.1, 0.15) is 12.5 Å². The summed E-state index contributed by atoms with van der Waals surface area (Å²) in [6, 6.07) is 0.911. The van der Waals surface area contributed by atoms with Crippen LogP contribution in [0.15, 0.2) is 18.2 Å². The molecule has 0 spiro atoms. The Morgan fingerprint density at radius 3 is 2.06 bits per heavy atom. The van der Waals surface area contributed by atoms with Gasteiger partial charge in [-0.15, -0.1) is 0 Å². The third kappa shape index (κ3) is 3.77. The summed E-state index contributed by atoms with van der Waals surface area (Å²) in [5.41, 5.74) is 0.133. The molecule has 16 heavy (non-hydrogen) atoms. The van der Waals surface area contributed by atoms with Crippen LogP contribution in [0.4, 0.5) is 22.0 Å². The van der Waals surface area contributed by atoms with Crippen LogP contribution in [0.2, 0.25) is 0 Å². The van der Waals surface area contributed by atoms with Gasteiger partial charge in [0.15, 0.2) is 0 Å². The van der Waals surface area contributed by atoms with Crippen LogP contribution in [0.5, 0.6) is 0 Å². The number of benzene rings is 1. The highest BCUT2D eigenvalue weighted by Gasteiger charge is 2.35. The van der Waals surface area contributed by atoms with Gasteiger partial charge >= 0.3 is 6.18 Å². The predicted octanol–water partition coefficient (Wildman–Crippen LogP) is 3.01. The Labute approximate surface area is 89.3 Å². The van der Waals surface area contributed by atoms with Crippen molar-refractivity contribution in [3.05, 3.63) is 35.4 Å². The van der Waals surface area contributed by atoms with Gasteiger partial charge in [-0.05, 0) is 24.6 Å². The maximum Gasteiger partial charge on any atom is 0.403 e. The number of hydrogen-bond donors (Lipinski definition) is 1. The second kappa shape index (κ2) is 4.78. The molecule has 6 heteroatoms. The van der Waals surface area contributed by atoms with Crippen LogP contribution in [0.25, 0.3) is 0 Å². The molecule has 0 amide bonds. The van der Waals surface area contributed by atoms with Gasteiger partial charge in [0.1, 0.15) is 17.7 Å². The summed E-state index contributed by atoms with van der Waals surface area (Å²) in [5.74, 6) is -1.62. The van der Waals surface area contributed by atoms with Crippen LogP contribution in [-0.4, -0.2) is 12.2 Å². The highest BCUT2D eigenvalue weighted by Crippen LogP contribution is 2.20. The zero-order chi connectivity index (χ0) is 12.3. The Balaban J connectivity index is 2.61. The summed E-state index contributed by atoms with van der Waals surface area (Å²) in [4.78, 5) is 0. The SMILES string of the molecule is C[C@H](NCc1cc(F)cc(F)c1)C(F)(F)F. The lowest BCUT2D eigenvalue weighted by Crippen LogP contribution is -2.39. The van der Waals surface area contributed by atoms with Crippen LogP contribution in [-0.2, 0) is 6.54 Å². The van der Waals surface area contributed by atoms with Gasteiger partial charge in [-0.25, -0.2) is 8.78 Å². The minimum absolute atomic E-state index is 0.133. The summed E-state index contributed by atoms with van der Waals surface area (Å²) in [6.45, 7) is 0.699. The molecule has 1 rings (SSSR count). The van der Waals surface area contributed by atoms with Gasteiger partial charge in [-0.2, -0.15) is 13.2 Å². The van der Waals surface area contributed by atoms with E-state index in [4.69, 9.17) is 0 Å². The van der Waals surface area contributed by atoms with Crippen molar-refractivity contribution in [3.8, 4) is 0 Å². The van der Waals surface area contributed by atoms with E-state index in [9.17, 15) is 22.0 Å². The Bertz CT molecular complexity index is 340.